The van der Waals surface area contributed by atoms with Crippen LogP contribution < -0.4 is 26.6 Å². The molecule has 3 rings (SSSR count). The number of carbonyl (C=O) groups is 1. The molecule has 2 aliphatic heterocycles. The zero-order chi connectivity index (χ0) is 23.1. The molecule has 0 spiro atoms. The summed E-state index contributed by atoms with van der Waals surface area (Å²) in [6, 6.07) is 6.23. The van der Waals surface area contributed by atoms with Crippen LogP contribution in [0.15, 0.2) is 18.2 Å². The number of amides is 1. The van der Waals surface area contributed by atoms with E-state index in [4.69, 9.17) is 11.6 Å². The average molecular weight is 466 g/mol. The van der Waals surface area contributed by atoms with Gasteiger partial charge in [-0.25, -0.2) is 0 Å². The van der Waals surface area contributed by atoms with Crippen LogP contribution in [0.25, 0.3) is 0 Å². The molecule has 9 heteroatoms. The van der Waals surface area contributed by atoms with Crippen molar-refractivity contribution in [3.63, 3.8) is 0 Å². The van der Waals surface area contributed by atoms with Crippen LogP contribution in [0.5, 0.6) is 0 Å². The Balaban J connectivity index is 1.34. The Hall–Kier alpha value is -1.26. The summed E-state index contributed by atoms with van der Waals surface area (Å²) in [7, 11) is 0. The van der Waals surface area contributed by atoms with Crippen LogP contribution in [0.1, 0.15) is 39.2 Å². The zero-order valence-electron chi connectivity index (χ0n) is 19.9. The Morgan fingerprint density at radius 3 is 2.66 bits per heavy atom. The number of hydrogen-bond acceptors (Lipinski definition) is 7. The second kappa shape index (κ2) is 12.3. The highest BCUT2D eigenvalue weighted by Gasteiger charge is 2.31. The number of carbonyl (C=O) groups excluding carboxylic acids is 1. The molecule has 180 valence electrons. The Kier molecular flexibility index (Phi) is 9.73. The summed E-state index contributed by atoms with van der Waals surface area (Å²) in [5.41, 5.74) is 1.66. The van der Waals surface area contributed by atoms with Crippen molar-refractivity contribution >= 4 is 23.2 Å². The molecule has 1 aromatic rings. The van der Waals surface area contributed by atoms with Crippen molar-refractivity contribution in [1.82, 2.24) is 31.1 Å². The highest BCUT2D eigenvalue weighted by molar-refractivity contribution is 6.33. The van der Waals surface area contributed by atoms with Crippen LogP contribution in [0.4, 0.5) is 5.69 Å². The molecule has 5 N–H and O–H groups in total. The van der Waals surface area contributed by atoms with Gasteiger partial charge in [0.1, 0.15) is 0 Å². The second-order valence-corrected chi connectivity index (χ2v) is 9.54. The van der Waals surface area contributed by atoms with Crippen LogP contribution >= 0.6 is 11.6 Å². The van der Waals surface area contributed by atoms with E-state index in [1.54, 1.807) is 6.07 Å². The summed E-state index contributed by atoms with van der Waals surface area (Å²) in [4.78, 5) is 17.4. The molecule has 2 aliphatic rings. The third kappa shape index (κ3) is 7.38. The summed E-state index contributed by atoms with van der Waals surface area (Å²) in [5.74, 6) is -0.0390. The molecule has 0 bridgehead atoms. The van der Waals surface area contributed by atoms with Crippen molar-refractivity contribution in [3.8, 4) is 0 Å². The van der Waals surface area contributed by atoms with Crippen molar-refractivity contribution < 1.29 is 4.79 Å². The summed E-state index contributed by atoms with van der Waals surface area (Å²) in [6.07, 6.45) is 2.25. The number of benzene rings is 1. The summed E-state index contributed by atoms with van der Waals surface area (Å²) >= 11 is 6.19. The number of nitrogens with zero attached hydrogens (tertiary/aromatic N) is 2. The number of rotatable bonds is 9. The molecule has 2 saturated heterocycles. The van der Waals surface area contributed by atoms with E-state index in [-0.39, 0.29) is 18.2 Å². The summed E-state index contributed by atoms with van der Waals surface area (Å²) < 4.78 is 0. The fraction of sp³-hybridized carbons (Fsp3) is 0.696. The standard InChI is InChI=1S/C23H40ClN7O/c1-16(2)30-10-12-31(13-11-30)21-14-20(27-18(4)28-21)26-15-25-9-8-22(32)29-23-17(3)6-5-7-19(23)24/h5-7,16,18,20-21,25-28H,8-15H2,1-4H3,(H,29,32). The Bertz CT molecular complexity index is 719. The van der Waals surface area contributed by atoms with Gasteiger partial charge in [-0.3, -0.25) is 30.5 Å². The molecule has 2 heterocycles. The van der Waals surface area contributed by atoms with E-state index in [1.807, 2.05) is 19.1 Å². The van der Waals surface area contributed by atoms with Gasteiger partial charge in [-0.05, 0) is 39.3 Å². The van der Waals surface area contributed by atoms with Gasteiger partial charge in [0.2, 0.25) is 5.91 Å². The van der Waals surface area contributed by atoms with Gasteiger partial charge in [0.05, 0.1) is 29.2 Å². The molecule has 1 aromatic carbocycles. The van der Waals surface area contributed by atoms with Crippen molar-refractivity contribution in [2.75, 3.05) is 44.7 Å². The minimum Gasteiger partial charge on any atom is -0.325 e. The number of nitrogens with one attached hydrogen (secondary N) is 5. The van der Waals surface area contributed by atoms with E-state index in [2.05, 4.69) is 57.2 Å². The summed E-state index contributed by atoms with van der Waals surface area (Å²) in [6.45, 7) is 14.4. The fourth-order valence-corrected chi connectivity index (χ4v) is 4.71. The Labute approximate surface area is 197 Å². The van der Waals surface area contributed by atoms with Crippen LogP contribution in [-0.4, -0.2) is 79.6 Å². The third-order valence-electron chi connectivity index (χ3n) is 6.36. The molecule has 2 fully saturated rings. The molecule has 8 nitrogen and oxygen atoms in total. The van der Waals surface area contributed by atoms with E-state index in [0.29, 0.717) is 42.6 Å². The summed E-state index contributed by atoms with van der Waals surface area (Å²) in [5, 5.41) is 17.6. The van der Waals surface area contributed by atoms with E-state index >= 15 is 0 Å². The first-order chi connectivity index (χ1) is 15.3. The first-order valence-electron chi connectivity index (χ1n) is 11.8. The first-order valence-corrected chi connectivity index (χ1v) is 12.2. The van der Waals surface area contributed by atoms with Crippen molar-refractivity contribution in [2.24, 2.45) is 0 Å². The largest absolute Gasteiger partial charge is 0.325 e. The highest BCUT2D eigenvalue weighted by atomic mass is 35.5. The third-order valence-corrected chi connectivity index (χ3v) is 6.68. The maximum absolute atomic E-state index is 12.2. The predicted molar refractivity (Wildman–Crippen MR) is 132 cm³/mol. The van der Waals surface area contributed by atoms with Crippen molar-refractivity contribution in [3.05, 3.63) is 28.8 Å². The van der Waals surface area contributed by atoms with Gasteiger partial charge in [-0.2, -0.15) is 0 Å². The lowest BCUT2D eigenvalue weighted by molar-refractivity contribution is -0.116. The van der Waals surface area contributed by atoms with Gasteiger partial charge < -0.3 is 10.6 Å². The van der Waals surface area contributed by atoms with Crippen LogP contribution in [0.3, 0.4) is 0 Å². The number of para-hydroxylation sites is 1. The average Bonchev–Trinajstić information content (AvgIpc) is 2.76. The molecule has 0 aliphatic carbocycles. The van der Waals surface area contributed by atoms with Crippen molar-refractivity contribution in [1.29, 1.82) is 0 Å². The number of piperazine rings is 1. The van der Waals surface area contributed by atoms with Crippen molar-refractivity contribution in [2.45, 2.75) is 65.1 Å². The van der Waals surface area contributed by atoms with Crippen LogP contribution in [0.2, 0.25) is 5.02 Å². The Morgan fingerprint density at radius 1 is 1.22 bits per heavy atom. The lowest BCUT2D eigenvalue weighted by Gasteiger charge is -2.45. The quantitative estimate of drug-likeness (QED) is 0.280. The van der Waals surface area contributed by atoms with Gasteiger partial charge in [0.25, 0.3) is 0 Å². The molecule has 0 aromatic heterocycles. The van der Waals surface area contributed by atoms with Gasteiger partial charge in [-0.1, -0.05) is 23.7 Å². The van der Waals surface area contributed by atoms with Gasteiger partial charge in [0.15, 0.2) is 0 Å². The number of anilines is 1. The maximum Gasteiger partial charge on any atom is 0.225 e. The minimum absolute atomic E-state index is 0.0390. The molecule has 32 heavy (non-hydrogen) atoms. The Morgan fingerprint density at radius 2 is 1.97 bits per heavy atom. The van der Waals surface area contributed by atoms with E-state index in [9.17, 15) is 4.79 Å². The number of aryl methyl sites for hydroxylation is 1. The molecule has 1 amide bonds. The number of hydrogen-bond donors (Lipinski definition) is 5. The molecular formula is C23H40ClN7O. The van der Waals surface area contributed by atoms with Gasteiger partial charge in [-0.15, -0.1) is 0 Å². The van der Waals surface area contributed by atoms with Gasteiger partial charge in [0, 0.05) is 58.3 Å². The van der Waals surface area contributed by atoms with E-state index in [0.717, 1.165) is 38.2 Å². The monoisotopic (exact) mass is 465 g/mol. The first kappa shape index (κ1) is 25.4. The smallest absolute Gasteiger partial charge is 0.225 e. The van der Waals surface area contributed by atoms with E-state index < -0.39 is 0 Å². The molecular weight excluding hydrogens is 426 g/mol. The minimum atomic E-state index is -0.0390. The highest BCUT2D eigenvalue weighted by Crippen LogP contribution is 2.25. The maximum atomic E-state index is 12.2. The number of halogens is 1. The van der Waals surface area contributed by atoms with E-state index in [1.165, 1.54) is 0 Å². The molecule has 3 atom stereocenters. The second-order valence-electron chi connectivity index (χ2n) is 9.14. The lowest BCUT2D eigenvalue weighted by Crippen LogP contribution is -2.67. The predicted octanol–water partition coefficient (Wildman–Crippen LogP) is 1.72. The fourth-order valence-electron chi connectivity index (χ4n) is 4.44. The van der Waals surface area contributed by atoms with Gasteiger partial charge >= 0.3 is 0 Å². The SMILES string of the molecule is Cc1cccc(Cl)c1NC(=O)CCNCNC1CC(N2CCN(C(C)C)CC2)NC(C)N1. The molecule has 0 radical (unpaired) electrons. The lowest BCUT2D eigenvalue weighted by atomic mass is 10.1. The molecule has 0 saturated carbocycles. The molecule has 3 unspecified atom stereocenters. The topological polar surface area (TPSA) is 83.7 Å². The normalized spacial score (nSPS) is 25.2. The van der Waals surface area contributed by atoms with Crippen LogP contribution in [-0.2, 0) is 4.79 Å². The van der Waals surface area contributed by atoms with Crippen LogP contribution in [0, 0.1) is 6.92 Å². The zero-order valence-corrected chi connectivity index (χ0v) is 20.6.